The SMILES string of the molecule is CN(CC(=O)N1CCNCC1)/C(=C(\N=O)c1ccc(C(F)(F)F)cc1)c1ccncc1. The lowest BCUT2D eigenvalue weighted by atomic mass is 10.0. The minimum Gasteiger partial charge on any atom is -0.363 e. The first-order valence-corrected chi connectivity index (χ1v) is 9.66. The van der Waals surface area contributed by atoms with E-state index in [1.54, 1.807) is 29.0 Å². The highest BCUT2D eigenvalue weighted by atomic mass is 19.4. The highest BCUT2D eigenvalue weighted by molar-refractivity contribution is 5.91. The fourth-order valence-corrected chi connectivity index (χ4v) is 3.39. The number of carbonyl (C=O) groups is 1. The van der Waals surface area contributed by atoms with E-state index >= 15 is 0 Å². The van der Waals surface area contributed by atoms with Crippen LogP contribution in [0, 0.1) is 4.91 Å². The van der Waals surface area contributed by atoms with Crippen LogP contribution in [-0.2, 0) is 11.0 Å². The van der Waals surface area contributed by atoms with E-state index in [1.165, 1.54) is 24.5 Å². The van der Waals surface area contributed by atoms with Crippen molar-refractivity contribution in [3.8, 4) is 0 Å². The maximum atomic E-state index is 12.9. The standard InChI is InChI=1S/C21H22F3N5O2/c1-28(14-18(30)29-12-10-26-11-13-29)20(16-6-8-25-9-7-16)19(27-31)15-2-4-17(5-3-15)21(22,23)24/h2-9,26H,10-14H2,1H3/b20-19-. The molecule has 0 unspecified atom stereocenters. The van der Waals surface area contributed by atoms with Crippen molar-refractivity contribution < 1.29 is 18.0 Å². The Bertz CT molecular complexity index is 940. The number of piperazine rings is 1. The van der Waals surface area contributed by atoms with Gasteiger partial charge >= 0.3 is 6.18 Å². The van der Waals surface area contributed by atoms with Crippen LogP contribution in [0.25, 0.3) is 11.4 Å². The van der Waals surface area contributed by atoms with Crippen molar-refractivity contribution in [1.29, 1.82) is 0 Å². The van der Waals surface area contributed by atoms with Gasteiger partial charge < -0.3 is 15.1 Å². The minimum absolute atomic E-state index is 0.0166. The fourth-order valence-electron chi connectivity index (χ4n) is 3.39. The number of alkyl halides is 3. The normalized spacial score (nSPS) is 15.3. The van der Waals surface area contributed by atoms with Crippen molar-refractivity contribution in [3.63, 3.8) is 0 Å². The summed E-state index contributed by atoms with van der Waals surface area (Å²) in [6, 6.07) is 7.50. The summed E-state index contributed by atoms with van der Waals surface area (Å²) in [5.74, 6) is -0.117. The summed E-state index contributed by atoms with van der Waals surface area (Å²) in [6.07, 6.45) is -1.44. The molecule has 1 fully saturated rings. The third kappa shape index (κ3) is 5.46. The average molecular weight is 433 g/mol. The molecule has 0 saturated carbocycles. The number of aromatic nitrogens is 1. The molecule has 1 saturated heterocycles. The Morgan fingerprint density at radius 3 is 2.26 bits per heavy atom. The van der Waals surface area contributed by atoms with Gasteiger partial charge in [-0.25, -0.2) is 0 Å². The van der Waals surface area contributed by atoms with Gasteiger partial charge in [-0.3, -0.25) is 9.78 Å². The number of benzene rings is 1. The second kappa shape index (κ2) is 9.69. The summed E-state index contributed by atoms with van der Waals surface area (Å²) in [5, 5.41) is 6.29. The Hall–Kier alpha value is -3.27. The molecule has 31 heavy (non-hydrogen) atoms. The second-order valence-corrected chi connectivity index (χ2v) is 7.09. The highest BCUT2D eigenvalue weighted by Crippen LogP contribution is 2.33. The Labute approximate surface area is 177 Å². The maximum absolute atomic E-state index is 12.9. The van der Waals surface area contributed by atoms with Gasteiger partial charge in [0.1, 0.15) is 5.70 Å². The zero-order valence-corrected chi connectivity index (χ0v) is 16.9. The molecule has 1 amide bonds. The molecule has 164 valence electrons. The largest absolute Gasteiger partial charge is 0.416 e. The van der Waals surface area contributed by atoms with Crippen LogP contribution in [0.5, 0.6) is 0 Å². The van der Waals surface area contributed by atoms with E-state index in [1.807, 2.05) is 0 Å². The zero-order valence-electron chi connectivity index (χ0n) is 16.9. The molecule has 10 heteroatoms. The van der Waals surface area contributed by atoms with Gasteiger partial charge in [0.05, 0.1) is 17.8 Å². The minimum atomic E-state index is -4.49. The maximum Gasteiger partial charge on any atom is 0.416 e. The number of halogens is 3. The first-order chi connectivity index (χ1) is 14.8. The quantitative estimate of drug-likeness (QED) is 0.709. The topological polar surface area (TPSA) is 77.9 Å². The number of amides is 1. The number of nitrogens with zero attached hydrogens (tertiary/aromatic N) is 4. The Kier molecular flexibility index (Phi) is 7.01. The van der Waals surface area contributed by atoms with E-state index in [-0.39, 0.29) is 23.7 Å². The third-order valence-corrected chi connectivity index (χ3v) is 4.98. The van der Waals surface area contributed by atoms with Crippen LogP contribution in [-0.4, -0.2) is 60.5 Å². The lowest BCUT2D eigenvalue weighted by molar-refractivity contribution is -0.137. The Morgan fingerprint density at radius 2 is 1.71 bits per heavy atom. The van der Waals surface area contributed by atoms with Crippen LogP contribution in [0.2, 0.25) is 0 Å². The van der Waals surface area contributed by atoms with Crippen molar-refractivity contribution in [2.45, 2.75) is 6.18 Å². The van der Waals surface area contributed by atoms with Gasteiger partial charge in [0.25, 0.3) is 0 Å². The number of hydrogen-bond donors (Lipinski definition) is 1. The summed E-state index contributed by atoms with van der Waals surface area (Å²) in [6.45, 7) is 2.55. The van der Waals surface area contributed by atoms with Gasteiger partial charge in [0.2, 0.25) is 5.91 Å². The van der Waals surface area contributed by atoms with Gasteiger partial charge in [-0.1, -0.05) is 12.1 Å². The lowest BCUT2D eigenvalue weighted by Gasteiger charge is -2.31. The summed E-state index contributed by atoms with van der Waals surface area (Å²) < 4.78 is 38.7. The van der Waals surface area contributed by atoms with Gasteiger partial charge in [-0.15, -0.1) is 4.91 Å². The molecule has 1 aromatic carbocycles. The molecule has 1 aliphatic rings. The van der Waals surface area contributed by atoms with Gasteiger partial charge in [-0.2, -0.15) is 13.2 Å². The fraction of sp³-hybridized carbons (Fsp3) is 0.333. The van der Waals surface area contributed by atoms with E-state index < -0.39 is 11.7 Å². The molecule has 0 radical (unpaired) electrons. The lowest BCUT2D eigenvalue weighted by Crippen LogP contribution is -2.49. The predicted molar refractivity (Wildman–Crippen MR) is 110 cm³/mol. The van der Waals surface area contributed by atoms with Crippen LogP contribution < -0.4 is 5.32 Å². The summed E-state index contributed by atoms with van der Waals surface area (Å²) in [4.78, 5) is 31.8. The van der Waals surface area contributed by atoms with E-state index in [9.17, 15) is 22.9 Å². The van der Waals surface area contributed by atoms with Crippen molar-refractivity contribution in [3.05, 3.63) is 70.4 Å². The molecule has 1 aromatic heterocycles. The Balaban J connectivity index is 1.99. The number of hydrogen-bond acceptors (Lipinski definition) is 6. The van der Waals surface area contributed by atoms with Crippen LogP contribution in [0.4, 0.5) is 13.2 Å². The number of nitroso groups, excluding NO2 is 1. The average Bonchev–Trinajstić information content (AvgIpc) is 2.78. The van der Waals surface area contributed by atoms with Crippen molar-refractivity contribution in [2.75, 3.05) is 39.8 Å². The van der Waals surface area contributed by atoms with Crippen LogP contribution in [0.15, 0.2) is 54.0 Å². The predicted octanol–water partition coefficient (Wildman–Crippen LogP) is 3.06. The number of likely N-dealkylation sites (N-methyl/N-ethyl adjacent to an activating group) is 1. The number of pyridine rings is 1. The van der Waals surface area contributed by atoms with Crippen LogP contribution in [0.3, 0.4) is 0 Å². The molecule has 0 spiro atoms. The number of rotatable bonds is 6. The van der Waals surface area contributed by atoms with E-state index in [0.29, 0.717) is 37.4 Å². The van der Waals surface area contributed by atoms with Crippen molar-refractivity contribution >= 4 is 17.3 Å². The van der Waals surface area contributed by atoms with Crippen LogP contribution >= 0.6 is 0 Å². The van der Waals surface area contributed by atoms with Gasteiger partial charge in [0.15, 0.2) is 0 Å². The number of nitrogens with one attached hydrogen (secondary N) is 1. The summed E-state index contributed by atoms with van der Waals surface area (Å²) >= 11 is 0. The van der Waals surface area contributed by atoms with Crippen molar-refractivity contribution in [1.82, 2.24) is 20.1 Å². The van der Waals surface area contributed by atoms with E-state index in [4.69, 9.17) is 0 Å². The molecule has 0 aliphatic carbocycles. The molecule has 1 N–H and O–H groups in total. The van der Waals surface area contributed by atoms with Crippen molar-refractivity contribution in [2.24, 2.45) is 5.18 Å². The third-order valence-electron chi connectivity index (χ3n) is 4.98. The van der Waals surface area contributed by atoms with Gasteiger partial charge in [-0.05, 0) is 29.4 Å². The molecule has 7 nitrogen and oxygen atoms in total. The molecule has 3 rings (SSSR count). The van der Waals surface area contributed by atoms with Gasteiger partial charge in [0, 0.05) is 56.7 Å². The van der Waals surface area contributed by atoms with Crippen LogP contribution in [0.1, 0.15) is 16.7 Å². The molecular weight excluding hydrogens is 411 g/mol. The number of carbonyl (C=O) groups excluding carboxylic acids is 1. The smallest absolute Gasteiger partial charge is 0.363 e. The first-order valence-electron chi connectivity index (χ1n) is 9.66. The molecule has 0 bridgehead atoms. The Morgan fingerprint density at radius 1 is 1.10 bits per heavy atom. The van der Waals surface area contributed by atoms with E-state index in [2.05, 4.69) is 15.5 Å². The molecule has 0 atom stereocenters. The first kappa shape index (κ1) is 22.4. The molecule has 2 aromatic rings. The summed E-state index contributed by atoms with van der Waals surface area (Å²) in [5.41, 5.74) is 0.238. The molecular formula is C21H22F3N5O2. The summed E-state index contributed by atoms with van der Waals surface area (Å²) in [7, 11) is 1.64. The highest BCUT2D eigenvalue weighted by Gasteiger charge is 2.30. The van der Waals surface area contributed by atoms with E-state index in [0.717, 1.165) is 12.1 Å². The molecule has 1 aliphatic heterocycles. The molecule has 2 heterocycles. The zero-order chi connectivity index (χ0) is 22.4. The monoisotopic (exact) mass is 433 g/mol. The second-order valence-electron chi connectivity index (χ2n) is 7.09.